The molecule has 3 N–H and O–H groups in total. The number of aromatic nitrogens is 2. The average molecular weight is 203 g/mol. The second-order valence-electron chi connectivity index (χ2n) is 4.85. The molecule has 0 aliphatic carbocycles. The van der Waals surface area contributed by atoms with Gasteiger partial charge in [-0.05, 0) is 12.1 Å². The summed E-state index contributed by atoms with van der Waals surface area (Å²) in [6.07, 6.45) is 1.93. The van der Waals surface area contributed by atoms with Gasteiger partial charge in [0.15, 0.2) is 0 Å². The van der Waals surface area contributed by atoms with Crippen molar-refractivity contribution >= 4 is 10.9 Å². The summed E-state index contributed by atoms with van der Waals surface area (Å²) in [6, 6.07) is 4.13. The number of fused-ring (bicyclic) bond motifs is 1. The lowest BCUT2D eigenvalue weighted by Gasteiger charge is -2.18. The average Bonchev–Trinajstić information content (AvgIpc) is 2.62. The summed E-state index contributed by atoms with van der Waals surface area (Å²) >= 11 is 0. The molecule has 2 heterocycles. The fourth-order valence-electron chi connectivity index (χ4n) is 1.67. The van der Waals surface area contributed by atoms with Gasteiger partial charge in [-0.2, -0.15) is 0 Å². The summed E-state index contributed by atoms with van der Waals surface area (Å²) in [7, 11) is 0. The Morgan fingerprint density at radius 1 is 1.40 bits per heavy atom. The van der Waals surface area contributed by atoms with E-state index >= 15 is 0 Å². The molecule has 0 saturated carbocycles. The van der Waals surface area contributed by atoms with E-state index in [2.05, 4.69) is 36.8 Å². The topological polar surface area (TPSA) is 54.7 Å². The predicted octanol–water partition coefficient (Wildman–Crippen LogP) is 2.32. The van der Waals surface area contributed by atoms with Crippen molar-refractivity contribution in [3.8, 4) is 0 Å². The van der Waals surface area contributed by atoms with Gasteiger partial charge in [-0.25, -0.2) is 0 Å². The third kappa shape index (κ3) is 1.75. The summed E-state index contributed by atoms with van der Waals surface area (Å²) in [5.74, 6) is 0. The molecule has 0 radical (unpaired) electrons. The number of nitrogens with two attached hydrogens (primary N) is 1. The van der Waals surface area contributed by atoms with Gasteiger partial charge in [0, 0.05) is 34.8 Å². The zero-order valence-electron chi connectivity index (χ0n) is 9.46. The minimum atomic E-state index is 0.0587. The molecule has 0 bridgehead atoms. The number of hydrogen-bond acceptors (Lipinski definition) is 2. The second kappa shape index (κ2) is 3.35. The largest absolute Gasteiger partial charge is 0.361 e. The molecule has 0 amide bonds. The van der Waals surface area contributed by atoms with Crippen LogP contribution in [0.3, 0.4) is 0 Å². The summed E-state index contributed by atoms with van der Waals surface area (Å²) in [5, 5.41) is 1.13. The van der Waals surface area contributed by atoms with Crippen LogP contribution in [0.5, 0.6) is 0 Å². The van der Waals surface area contributed by atoms with Crippen molar-refractivity contribution < 1.29 is 0 Å². The van der Waals surface area contributed by atoms with Gasteiger partial charge in [-0.1, -0.05) is 20.8 Å². The van der Waals surface area contributed by atoms with E-state index in [-0.39, 0.29) is 5.41 Å². The molecule has 0 saturated heterocycles. The molecule has 0 spiro atoms. The van der Waals surface area contributed by atoms with E-state index in [9.17, 15) is 0 Å². The number of pyridine rings is 1. The van der Waals surface area contributed by atoms with Gasteiger partial charge < -0.3 is 10.7 Å². The van der Waals surface area contributed by atoms with Gasteiger partial charge in [0.25, 0.3) is 0 Å². The molecule has 0 aliphatic rings. The van der Waals surface area contributed by atoms with Gasteiger partial charge >= 0.3 is 0 Å². The second-order valence-corrected chi connectivity index (χ2v) is 4.85. The number of aromatic amines is 1. The van der Waals surface area contributed by atoms with Crippen LogP contribution in [0.4, 0.5) is 0 Å². The monoisotopic (exact) mass is 203 g/mol. The number of rotatable bonds is 1. The van der Waals surface area contributed by atoms with Crippen molar-refractivity contribution in [2.75, 3.05) is 0 Å². The lowest BCUT2D eigenvalue weighted by Crippen LogP contribution is -2.15. The van der Waals surface area contributed by atoms with Crippen molar-refractivity contribution in [3.05, 3.63) is 29.7 Å². The Kier molecular flexibility index (Phi) is 2.27. The van der Waals surface area contributed by atoms with Crippen molar-refractivity contribution in [1.82, 2.24) is 9.97 Å². The maximum atomic E-state index is 5.71. The zero-order valence-corrected chi connectivity index (χ0v) is 9.46. The van der Waals surface area contributed by atoms with E-state index in [1.54, 1.807) is 0 Å². The molecule has 0 aliphatic heterocycles. The maximum Gasteiger partial charge on any atom is 0.0636 e. The minimum absolute atomic E-state index is 0.0587. The molecular weight excluding hydrogens is 186 g/mol. The van der Waals surface area contributed by atoms with Crippen LogP contribution in [-0.2, 0) is 12.0 Å². The van der Waals surface area contributed by atoms with E-state index < -0.39 is 0 Å². The fraction of sp³-hybridized carbons (Fsp3) is 0.417. The fourth-order valence-corrected chi connectivity index (χ4v) is 1.67. The molecule has 0 unspecified atom stereocenters. The van der Waals surface area contributed by atoms with Crippen LogP contribution in [0.25, 0.3) is 10.9 Å². The molecule has 2 aromatic heterocycles. The number of nitrogens with zero attached hydrogens (tertiary/aromatic N) is 1. The third-order valence-electron chi connectivity index (χ3n) is 2.59. The standard InChI is InChI=1S/C12H17N3/c1-12(2,3)11-6-9-8(4-5-14-9)10(7-13)15-11/h4-6,14H,7,13H2,1-3H3. The number of H-pyrrole nitrogens is 1. The van der Waals surface area contributed by atoms with E-state index in [1.807, 2.05) is 12.3 Å². The van der Waals surface area contributed by atoms with Gasteiger partial charge in [-0.3, -0.25) is 4.98 Å². The zero-order chi connectivity index (χ0) is 11.1. The Balaban J connectivity index is 2.69. The van der Waals surface area contributed by atoms with E-state index in [0.717, 1.165) is 22.3 Å². The van der Waals surface area contributed by atoms with Crippen LogP contribution in [0.1, 0.15) is 32.2 Å². The predicted molar refractivity (Wildman–Crippen MR) is 62.7 cm³/mol. The van der Waals surface area contributed by atoms with E-state index in [4.69, 9.17) is 5.73 Å². The third-order valence-corrected chi connectivity index (χ3v) is 2.59. The Labute approximate surface area is 89.7 Å². The molecule has 3 heteroatoms. The summed E-state index contributed by atoms with van der Waals surface area (Å²) < 4.78 is 0. The SMILES string of the molecule is CC(C)(C)c1cc2[nH]ccc2c(CN)n1. The van der Waals surface area contributed by atoms with Crippen molar-refractivity contribution in [2.24, 2.45) is 5.73 Å². The number of hydrogen-bond donors (Lipinski definition) is 2. The minimum Gasteiger partial charge on any atom is -0.361 e. The molecule has 80 valence electrons. The van der Waals surface area contributed by atoms with Gasteiger partial charge in [0.2, 0.25) is 0 Å². The molecule has 15 heavy (non-hydrogen) atoms. The molecule has 2 rings (SSSR count). The van der Waals surface area contributed by atoms with Crippen molar-refractivity contribution in [1.29, 1.82) is 0 Å². The highest BCUT2D eigenvalue weighted by Gasteiger charge is 2.17. The van der Waals surface area contributed by atoms with Gasteiger partial charge in [0.05, 0.1) is 5.69 Å². The first-order valence-corrected chi connectivity index (χ1v) is 5.20. The Hall–Kier alpha value is -1.35. The lowest BCUT2D eigenvalue weighted by molar-refractivity contribution is 0.567. The summed E-state index contributed by atoms with van der Waals surface area (Å²) in [5.41, 5.74) is 8.94. The molecule has 2 aromatic rings. The van der Waals surface area contributed by atoms with Gasteiger partial charge in [-0.15, -0.1) is 0 Å². The van der Waals surface area contributed by atoms with Gasteiger partial charge in [0.1, 0.15) is 0 Å². The highest BCUT2D eigenvalue weighted by Crippen LogP contribution is 2.25. The highest BCUT2D eigenvalue weighted by molar-refractivity contribution is 5.82. The van der Waals surface area contributed by atoms with Crippen LogP contribution >= 0.6 is 0 Å². The van der Waals surface area contributed by atoms with Crippen LogP contribution < -0.4 is 5.73 Å². The van der Waals surface area contributed by atoms with E-state index in [1.165, 1.54) is 0 Å². The molecular formula is C12H17N3. The maximum absolute atomic E-state index is 5.71. The molecule has 0 aromatic carbocycles. The smallest absolute Gasteiger partial charge is 0.0636 e. The lowest BCUT2D eigenvalue weighted by atomic mass is 9.91. The molecule has 0 fully saturated rings. The highest BCUT2D eigenvalue weighted by atomic mass is 14.8. The summed E-state index contributed by atoms with van der Waals surface area (Å²) in [6.45, 7) is 6.96. The normalized spacial score (nSPS) is 12.3. The quantitative estimate of drug-likeness (QED) is 0.747. The summed E-state index contributed by atoms with van der Waals surface area (Å²) in [4.78, 5) is 7.83. The molecule has 0 atom stereocenters. The van der Waals surface area contributed by atoms with E-state index in [0.29, 0.717) is 6.54 Å². The Morgan fingerprint density at radius 3 is 2.73 bits per heavy atom. The molecule has 3 nitrogen and oxygen atoms in total. The van der Waals surface area contributed by atoms with Crippen LogP contribution in [-0.4, -0.2) is 9.97 Å². The van der Waals surface area contributed by atoms with Crippen LogP contribution in [0.15, 0.2) is 18.3 Å². The first-order chi connectivity index (χ1) is 7.02. The Bertz CT molecular complexity index is 477. The first kappa shape index (κ1) is 10.2. The Morgan fingerprint density at radius 2 is 2.13 bits per heavy atom. The number of nitrogens with one attached hydrogen (secondary N) is 1. The first-order valence-electron chi connectivity index (χ1n) is 5.20. The van der Waals surface area contributed by atoms with Crippen molar-refractivity contribution in [2.45, 2.75) is 32.7 Å². The van der Waals surface area contributed by atoms with Crippen molar-refractivity contribution in [3.63, 3.8) is 0 Å². The van der Waals surface area contributed by atoms with Crippen LogP contribution in [0.2, 0.25) is 0 Å². The van der Waals surface area contributed by atoms with Crippen LogP contribution in [0, 0.1) is 0 Å².